The number of fused-ring (bicyclic) bond motifs is 2. The highest BCUT2D eigenvalue weighted by molar-refractivity contribution is 5.76. The van der Waals surface area contributed by atoms with Gasteiger partial charge in [-0.1, -0.05) is 6.92 Å². The Morgan fingerprint density at radius 1 is 1.20 bits per heavy atom. The number of hydrogen-bond donors (Lipinski definition) is 3. The maximum Gasteiger partial charge on any atom is 0.311 e. The highest BCUT2D eigenvalue weighted by atomic mass is 16.6. The molecule has 0 radical (unpaired) electrons. The average Bonchev–Trinajstić information content (AvgIpc) is 2.94. The Labute approximate surface area is 119 Å². The summed E-state index contributed by atoms with van der Waals surface area (Å²) in [6, 6.07) is 0. The maximum absolute atomic E-state index is 12.2. The number of aliphatic hydroxyl groups excluding tert-OH is 3. The predicted octanol–water partition coefficient (Wildman–Crippen LogP) is 0.562. The Morgan fingerprint density at radius 3 is 2.25 bits per heavy atom. The van der Waals surface area contributed by atoms with E-state index in [1.165, 1.54) is 0 Å². The van der Waals surface area contributed by atoms with E-state index >= 15 is 0 Å². The highest BCUT2D eigenvalue weighted by Crippen LogP contribution is 2.53. The summed E-state index contributed by atoms with van der Waals surface area (Å²) in [4.78, 5) is 12.2. The number of carbonyl (C=O) groups excluding carboxylic acids is 1. The fraction of sp³-hybridized carbons (Fsp3) is 0.933. The van der Waals surface area contributed by atoms with Gasteiger partial charge in [0.15, 0.2) is 0 Å². The fourth-order valence-corrected chi connectivity index (χ4v) is 3.69. The Bertz CT molecular complexity index is 365. The van der Waals surface area contributed by atoms with Gasteiger partial charge >= 0.3 is 5.97 Å². The summed E-state index contributed by atoms with van der Waals surface area (Å²) in [5, 5.41) is 29.2. The van der Waals surface area contributed by atoms with E-state index in [9.17, 15) is 20.1 Å². The van der Waals surface area contributed by atoms with Crippen molar-refractivity contribution in [3.63, 3.8) is 0 Å². The van der Waals surface area contributed by atoms with Crippen LogP contribution in [0.5, 0.6) is 0 Å². The molecular weight excluding hydrogens is 260 g/mol. The zero-order valence-corrected chi connectivity index (χ0v) is 12.5. The van der Waals surface area contributed by atoms with Gasteiger partial charge in [0.2, 0.25) is 0 Å². The van der Waals surface area contributed by atoms with Crippen molar-refractivity contribution in [2.75, 3.05) is 13.2 Å². The van der Waals surface area contributed by atoms with Crippen LogP contribution in [0.15, 0.2) is 0 Å². The molecule has 2 aliphatic carbocycles. The fourth-order valence-electron chi connectivity index (χ4n) is 3.69. The summed E-state index contributed by atoms with van der Waals surface area (Å²) in [6.07, 6.45) is 0.114. The topological polar surface area (TPSA) is 87.0 Å². The van der Waals surface area contributed by atoms with Crippen LogP contribution in [0.3, 0.4) is 0 Å². The Hall–Kier alpha value is -0.650. The highest BCUT2D eigenvalue weighted by Gasteiger charge is 2.59. The molecule has 3 N–H and O–H groups in total. The number of rotatable bonds is 5. The lowest BCUT2D eigenvalue weighted by atomic mass is 9.77. The molecule has 0 amide bonds. The van der Waals surface area contributed by atoms with Crippen molar-refractivity contribution in [3.05, 3.63) is 0 Å². The van der Waals surface area contributed by atoms with Gasteiger partial charge in [0, 0.05) is 19.1 Å². The minimum Gasteiger partial charge on any atom is -0.459 e. The lowest BCUT2D eigenvalue weighted by Gasteiger charge is -2.38. The van der Waals surface area contributed by atoms with Crippen molar-refractivity contribution in [3.8, 4) is 0 Å². The van der Waals surface area contributed by atoms with E-state index in [1.54, 1.807) is 0 Å². The number of esters is 1. The van der Waals surface area contributed by atoms with Crippen molar-refractivity contribution in [1.82, 2.24) is 0 Å². The van der Waals surface area contributed by atoms with E-state index in [4.69, 9.17) is 4.74 Å². The van der Waals surface area contributed by atoms with Crippen LogP contribution in [-0.2, 0) is 9.53 Å². The monoisotopic (exact) mass is 286 g/mol. The zero-order chi connectivity index (χ0) is 15.1. The largest absolute Gasteiger partial charge is 0.459 e. The van der Waals surface area contributed by atoms with Crippen molar-refractivity contribution in [2.45, 2.75) is 45.8 Å². The van der Waals surface area contributed by atoms with Gasteiger partial charge in [0.1, 0.15) is 6.10 Å². The molecule has 6 unspecified atom stereocenters. The Balaban J connectivity index is 2.10. The van der Waals surface area contributed by atoms with E-state index in [0.717, 1.165) is 0 Å². The van der Waals surface area contributed by atoms with E-state index in [0.29, 0.717) is 12.8 Å². The van der Waals surface area contributed by atoms with Gasteiger partial charge in [0.05, 0.1) is 11.5 Å². The SMILES string of the molecule is CCC(C)(C)C(=O)OC1C(O)C2CC1C(CO)C2CO. The van der Waals surface area contributed by atoms with Crippen LogP contribution in [-0.4, -0.2) is 46.7 Å². The van der Waals surface area contributed by atoms with Crippen LogP contribution in [0.2, 0.25) is 0 Å². The molecule has 0 aromatic rings. The summed E-state index contributed by atoms with van der Waals surface area (Å²) < 4.78 is 5.56. The second kappa shape index (κ2) is 5.62. The van der Waals surface area contributed by atoms with Gasteiger partial charge in [-0.05, 0) is 44.4 Å². The zero-order valence-electron chi connectivity index (χ0n) is 12.5. The molecule has 0 heterocycles. The standard InChI is InChI=1S/C15H26O5/c1-4-15(2,3)14(19)20-13-9-5-8(12(13)18)10(6-16)11(9)7-17/h8-13,16-18H,4-7H2,1-3H3. The van der Waals surface area contributed by atoms with Gasteiger partial charge in [-0.2, -0.15) is 0 Å². The summed E-state index contributed by atoms with van der Waals surface area (Å²) >= 11 is 0. The summed E-state index contributed by atoms with van der Waals surface area (Å²) in [5.41, 5.74) is -0.563. The molecule has 116 valence electrons. The molecule has 6 atom stereocenters. The Morgan fingerprint density at radius 2 is 1.75 bits per heavy atom. The lowest BCUT2D eigenvalue weighted by molar-refractivity contribution is -0.174. The molecule has 20 heavy (non-hydrogen) atoms. The van der Waals surface area contributed by atoms with Crippen LogP contribution in [0.4, 0.5) is 0 Å². The third-order valence-electron chi connectivity index (χ3n) is 5.49. The molecule has 2 fully saturated rings. The molecule has 5 nitrogen and oxygen atoms in total. The van der Waals surface area contributed by atoms with Crippen LogP contribution in [0.25, 0.3) is 0 Å². The van der Waals surface area contributed by atoms with Crippen molar-refractivity contribution in [2.24, 2.45) is 29.1 Å². The molecule has 2 saturated carbocycles. The van der Waals surface area contributed by atoms with Crippen LogP contribution < -0.4 is 0 Å². The van der Waals surface area contributed by atoms with Crippen molar-refractivity contribution >= 4 is 5.97 Å². The quantitative estimate of drug-likeness (QED) is 0.643. The predicted molar refractivity (Wildman–Crippen MR) is 72.7 cm³/mol. The second-order valence-corrected chi connectivity index (χ2v) is 6.85. The number of aliphatic hydroxyl groups is 3. The second-order valence-electron chi connectivity index (χ2n) is 6.85. The number of hydrogen-bond acceptors (Lipinski definition) is 5. The molecule has 0 saturated heterocycles. The van der Waals surface area contributed by atoms with E-state index in [1.807, 2.05) is 20.8 Å². The van der Waals surface area contributed by atoms with Crippen LogP contribution >= 0.6 is 0 Å². The van der Waals surface area contributed by atoms with Crippen LogP contribution in [0, 0.1) is 29.1 Å². The maximum atomic E-state index is 12.2. The van der Waals surface area contributed by atoms with Gasteiger partial charge in [-0.15, -0.1) is 0 Å². The molecule has 5 heteroatoms. The summed E-state index contributed by atoms with van der Waals surface area (Å²) in [7, 11) is 0. The molecule has 0 spiro atoms. The van der Waals surface area contributed by atoms with Gasteiger partial charge in [-0.3, -0.25) is 4.79 Å². The molecule has 2 bridgehead atoms. The first-order valence-corrected chi connectivity index (χ1v) is 7.48. The lowest BCUT2D eigenvalue weighted by Crippen LogP contribution is -2.47. The molecule has 0 aromatic carbocycles. The third-order valence-corrected chi connectivity index (χ3v) is 5.49. The van der Waals surface area contributed by atoms with Gasteiger partial charge < -0.3 is 20.1 Å². The Kier molecular flexibility index (Phi) is 4.42. The van der Waals surface area contributed by atoms with Crippen molar-refractivity contribution in [1.29, 1.82) is 0 Å². The van der Waals surface area contributed by atoms with Gasteiger partial charge in [0.25, 0.3) is 0 Å². The normalized spacial score (nSPS) is 40.1. The van der Waals surface area contributed by atoms with E-state index in [2.05, 4.69) is 0 Å². The first-order chi connectivity index (χ1) is 9.37. The van der Waals surface area contributed by atoms with Crippen LogP contribution in [0.1, 0.15) is 33.6 Å². The van der Waals surface area contributed by atoms with E-state index < -0.39 is 17.6 Å². The van der Waals surface area contributed by atoms with Crippen molar-refractivity contribution < 1.29 is 24.9 Å². The minimum absolute atomic E-state index is 0.0371. The number of ether oxygens (including phenoxy) is 1. The minimum atomic E-state index is -0.725. The molecular formula is C15H26O5. The smallest absolute Gasteiger partial charge is 0.311 e. The average molecular weight is 286 g/mol. The molecule has 2 rings (SSSR count). The molecule has 0 aliphatic heterocycles. The first-order valence-electron chi connectivity index (χ1n) is 7.48. The number of carbonyl (C=O) groups is 1. The third kappa shape index (κ3) is 2.36. The molecule has 0 aromatic heterocycles. The van der Waals surface area contributed by atoms with Gasteiger partial charge in [-0.25, -0.2) is 0 Å². The first kappa shape index (κ1) is 15.7. The summed E-state index contributed by atoms with van der Waals surface area (Å²) in [6.45, 7) is 5.51. The van der Waals surface area contributed by atoms with E-state index in [-0.39, 0.29) is 42.9 Å². The summed E-state index contributed by atoms with van der Waals surface area (Å²) in [5.74, 6) is -0.600. The molecule has 2 aliphatic rings.